The number of H-pyrrole nitrogens is 1. The van der Waals surface area contributed by atoms with Gasteiger partial charge in [-0.2, -0.15) is 5.10 Å². The quantitative estimate of drug-likeness (QED) is 0.330. The van der Waals surface area contributed by atoms with E-state index in [2.05, 4.69) is 48.5 Å². The summed E-state index contributed by atoms with van der Waals surface area (Å²) in [4.78, 5) is 23.7. The van der Waals surface area contributed by atoms with Gasteiger partial charge in [-0.25, -0.2) is 19.9 Å². The maximum atomic E-state index is 5.45. The van der Waals surface area contributed by atoms with E-state index < -0.39 is 0 Å². The van der Waals surface area contributed by atoms with Gasteiger partial charge in [-0.15, -0.1) is 0 Å². The molecule has 3 saturated heterocycles. The van der Waals surface area contributed by atoms with Gasteiger partial charge in [-0.05, 0) is 43.5 Å². The van der Waals surface area contributed by atoms with Crippen molar-refractivity contribution in [2.45, 2.75) is 43.8 Å². The number of pyridine rings is 1. The molecule has 2 unspecified atom stereocenters. The molecule has 0 spiro atoms. The summed E-state index contributed by atoms with van der Waals surface area (Å²) in [5.74, 6) is 4.54. The highest BCUT2D eigenvalue weighted by molar-refractivity contribution is 5.92. The van der Waals surface area contributed by atoms with E-state index in [1.165, 1.54) is 25.0 Å². The van der Waals surface area contributed by atoms with Crippen molar-refractivity contribution in [2.24, 2.45) is 0 Å². The molecule has 2 N–H and O–H groups in total. The molecule has 1 aliphatic carbocycles. The minimum absolute atomic E-state index is 0.502. The lowest BCUT2D eigenvalue weighted by Gasteiger charge is -2.56. The van der Waals surface area contributed by atoms with Crippen molar-refractivity contribution in [1.29, 1.82) is 0 Å². The standard InChI is InChI=1S/C28H27N9O/c1-2-4-22-21(3-1)28(32-24-12-23(34-35-24)17-5-6-17)33-27(31-22)18-7-8-25(30-13-18)36-14-19-11-20(15-36)37(19)16-26-29-9-10-38-26/h1-4,7-10,12-13,17,19-20H,5-6,11,14-16H2,(H2,31,32,33,34,35). The van der Waals surface area contributed by atoms with Crippen molar-refractivity contribution in [1.82, 2.24) is 35.0 Å². The summed E-state index contributed by atoms with van der Waals surface area (Å²) in [7, 11) is 0. The van der Waals surface area contributed by atoms with Crippen LogP contribution in [0.25, 0.3) is 22.3 Å². The first-order chi connectivity index (χ1) is 18.8. The fourth-order valence-corrected chi connectivity index (χ4v) is 5.75. The van der Waals surface area contributed by atoms with Gasteiger partial charge in [0.05, 0.1) is 18.3 Å². The van der Waals surface area contributed by atoms with Crippen LogP contribution >= 0.6 is 0 Å². The number of piperazine rings is 1. The molecule has 1 saturated carbocycles. The van der Waals surface area contributed by atoms with Gasteiger partial charge in [0.2, 0.25) is 5.89 Å². The minimum Gasteiger partial charge on any atom is -0.448 e. The average molecular weight is 506 g/mol. The van der Waals surface area contributed by atoms with E-state index in [4.69, 9.17) is 19.4 Å². The Morgan fingerprint density at radius 2 is 1.92 bits per heavy atom. The third kappa shape index (κ3) is 3.88. The molecule has 0 amide bonds. The van der Waals surface area contributed by atoms with Crippen LogP contribution in [0.2, 0.25) is 0 Å². The largest absolute Gasteiger partial charge is 0.448 e. The molecule has 3 aliphatic heterocycles. The second-order valence-electron chi connectivity index (χ2n) is 10.5. The topological polar surface area (TPSA) is 112 Å². The fraction of sp³-hybridized carbons (Fsp3) is 0.321. The molecule has 38 heavy (non-hydrogen) atoms. The molecule has 10 nitrogen and oxygen atoms in total. The van der Waals surface area contributed by atoms with Crippen LogP contribution in [0, 0.1) is 0 Å². The van der Waals surface area contributed by atoms with Crippen LogP contribution in [-0.2, 0) is 6.54 Å². The van der Waals surface area contributed by atoms with Crippen LogP contribution in [0.4, 0.5) is 17.5 Å². The van der Waals surface area contributed by atoms with E-state index in [9.17, 15) is 0 Å². The first-order valence-corrected chi connectivity index (χ1v) is 13.2. The number of para-hydroxylation sites is 1. The molecule has 2 bridgehead atoms. The number of anilines is 3. The zero-order valence-electron chi connectivity index (χ0n) is 20.8. The van der Waals surface area contributed by atoms with E-state index in [0.29, 0.717) is 23.8 Å². The number of piperidine rings is 1. The number of rotatable bonds is 7. The molecule has 7 heterocycles. The summed E-state index contributed by atoms with van der Waals surface area (Å²) in [6.45, 7) is 2.69. The molecular weight excluding hydrogens is 478 g/mol. The maximum Gasteiger partial charge on any atom is 0.208 e. The van der Waals surface area contributed by atoms with Gasteiger partial charge in [0, 0.05) is 60.0 Å². The molecule has 4 fully saturated rings. The van der Waals surface area contributed by atoms with Crippen molar-refractivity contribution >= 4 is 28.4 Å². The van der Waals surface area contributed by atoms with Crippen LogP contribution in [0.3, 0.4) is 0 Å². The second-order valence-corrected chi connectivity index (χ2v) is 10.5. The Balaban J connectivity index is 1.02. The lowest BCUT2D eigenvalue weighted by atomic mass is 9.87. The monoisotopic (exact) mass is 505 g/mol. The van der Waals surface area contributed by atoms with E-state index >= 15 is 0 Å². The smallest absolute Gasteiger partial charge is 0.208 e. The van der Waals surface area contributed by atoms with Gasteiger partial charge >= 0.3 is 0 Å². The van der Waals surface area contributed by atoms with Crippen LogP contribution < -0.4 is 10.2 Å². The normalized spacial score (nSPS) is 21.0. The summed E-state index contributed by atoms with van der Waals surface area (Å²) in [5.41, 5.74) is 2.95. The molecular formula is C28H27N9O. The average Bonchev–Trinajstić information content (AvgIpc) is 3.47. The summed E-state index contributed by atoms with van der Waals surface area (Å²) >= 11 is 0. The first kappa shape index (κ1) is 21.7. The molecule has 1 aromatic carbocycles. The number of fused-ring (bicyclic) bond motifs is 3. The van der Waals surface area contributed by atoms with E-state index in [1.807, 2.05) is 30.5 Å². The van der Waals surface area contributed by atoms with Crippen LogP contribution in [-0.4, -0.2) is 60.2 Å². The summed E-state index contributed by atoms with van der Waals surface area (Å²) in [6, 6.07) is 15.3. The molecule has 4 aromatic heterocycles. The van der Waals surface area contributed by atoms with Gasteiger partial charge in [0.15, 0.2) is 11.6 Å². The fourth-order valence-electron chi connectivity index (χ4n) is 5.75. The zero-order chi connectivity index (χ0) is 25.1. The highest BCUT2D eigenvalue weighted by Crippen LogP contribution is 2.40. The maximum absolute atomic E-state index is 5.45. The second kappa shape index (κ2) is 8.63. The van der Waals surface area contributed by atoms with Crippen molar-refractivity contribution in [3.8, 4) is 11.4 Å². The number of benzene rings is 1. The highest BCUT2D eigenvalue weighted by Gasteiger charge is 2.45. The third-order valence-corrected chi connectivity index (χ3v) is 7.94. The number of hydrogen-bond donors (Lipinski definition) is 2. The molecule has 4 aliphatic rings. The lowest BCUT2D eigenvalue weighted by Crippen LogP contribution is -2.68. The van der Waals surface area contributed by atoms with Gasteiger partial charge in [-0.1, -0.05) is 12.1 Å². The third-order valence-electron chi connectivity index (χ3n) is 7.94. The predicted molar refractivity (Wildman–Crippen MR) is 143 cm³/mol. The minimum atomic E-state index is 0.502. The number of oxazole rings is 1. The van der Waals surface area contributed by atoms with E-state index in [0.717, 1.165) is 59.4 Å². The number of nitrogens with zero attached hydrogens (tertiary/aromatic N) is 7. The number of hydrogen-bond acceptors (Lipinski definition) is 9. The van der Waals surface area contributed by atoms with Gasteiger partial charge in [0.25, 0.3) is 0 Å². The number of nitrogens with one attached hydrogen (secondary N) is 2. The Morgan fingerprint density at radius 3 is 2.71 bits per heavy atom. The molecule has 9 rings (SSSR count). The lowest BCUT2D eigenvalue weighted by molar-refractivity contribution is -0.0150. The Kier molecular flexibility index (Phi) is 4.94. The predicted octanol–water partition coefficient (Wildman–Crippen LogP) is 4.49. The Labute approximate surface area is 219 Å². The summed E-state index contributed by atoms with van der Waals surface area (Å²) in [5, 5.41) is 12.0. The molecule has 10 heteroatoms. The SMILES string of the molecule is c1ccc2c(Nc3cc(C4CC4)[nH]n3)nc(-c3ccc(N4CC5CC(C4)N5Cc4ncco4)nc3)nc2c1. The van der Waals surface area contributed by atoms with Crippen molar-refractivity contribution in [3.63, 3.8) is 0 Å². The van der Waals surface area contributed by atoms with E-state index in [1.54, 1.807) is 12.5 Å². The Morgan fingerprint density at radius 1 is 1.03 bits per heavy atom. The van der Waals surface area contributed by atoms with Crippen molar-refractivity contribution < 1.29 is 4.42 Å². The number of aromatic nitrogens is 6. The molecule has 2 atom stereocenters. The van der Waals surface area contributed by atoms with Crippen molar-refractivity contribution in [2.75, 3.05) is 23.3 Å². The zero-order valence-corrected chi connectivity index (χ0v) is 20.8. The van der Waals surface area contributed by atoms with Crippen molar-refractivity contribution in [3.05, 3.63) is 72.7 Å². The van der Waals surface area contributed by atoms with Crippen LogP contribution in [0.15, 0.2) is 65.5 Å². The van der Waals surface area contributed by atoms with Crippen LogP contribution in [0.5, 0.6) is 0 Å². The van der Waals surface area contributed by atoms with Crippen LogP contribution in [0.1, 0.15) is 36.8 Å². The summed E-state index contributed by atoms with van der Waals surface area (Å²) < 4.78 is 5.45. The highest BCUT2D eigenvalue weighted by atomic mass is 16.3. The Bertz CT molecular complexity index is 1580. The summed E-state index contributed by atoms with van der Waals surface area (Å²) in [6.07, 6.45) is 8.91. The number of aromatic amines is 1. The van der Waals surface area contributed by atoms with Gasteiger partial charge in [-0.3, -0.25) is 10.00 Å². The molecule has 5 aromatic rings. The molecule has 0 radical (unpaired) electrons. The first-order valence-electron chi connectivity index (χ1n) is 13.2. The molecule has 190 valence electrons. The van der Waals surface area contributed by atoms with Gasteiger partial charge < -0.3 is 14.6 Å². The Hall–Kier alpha value is -4.31. The van der Waals surface area contributed by atoms with E-state index in [-0.39, 0.29) is 0 Å². The van der Waals surface area contributed by atoms with Gasteiger partial charge in [0.1, 0.15) is 17.9 Å².